The summed E-state index contributed by atoms with van der Waals surface area (Å²) in [6, 6.07) is 46.9. The molecule has 0 fully saturated rings. The van der Waals surface area contributed by atoms with Gasteiger partial charge in [0.1, 0.15) is 0 Å². The zero-order valence-corrected chi connectivity index (χ0v) is 21.3. The summed E-state index contributed by atoms with van der Waals surface area (Å²) in [4.78, 5) is 0. The molecule has 0 aliphatic carbocycles. The molecule has 0 N–H and O–H groups in total. The van der Waals surface area contributed by atoms with Gasteiger partial charge >= 0.3 is 0 Å². The Morgan fingerprint density at radius 2 is 1.03 bits per heavy atom. The van der Waals surface area contributed by atoms with E-state index in [0.717, 1.165) is 0 Å². The Labute approximate surface area is 223 Å². The lowest BCUT2D eigenvalue weighted by Crippen LogP contribution is -1.83. The third kappa shape index (κ3) is 2.65. The molecule has 176 valence electrons. The molecular weight excluding hydrogens is 478 g/mol. The maximum atomic E-state index is 2.44. The first kappa shape index (κ1) is 20.4. The van der Waals surface area contributed by atoms with Gasteiger partial charge < -0.3 is 4.40 Å². The molecule has 0 aliphatic heterocycles. The van der Waals surface area contributed by atoms with Gasteiger partial charge in [-0.05, 0) is 58.7 Å². The Balaban J connectivity index is 1.32. The van der Waals surface area contributed by atoms with E-state index in [0.29, 0.717) is 0 Å². The normalized spacial score (nSPS) is 12.2. The third-order valence-corrected chi connectivity index (χ3v) is 9.33. The van der Waals surface area contributed by atoms with E-state index in [4.69, 9.17) is 0 Å². The highest BCUT2D eigenvalue weighted by molar-refractivity contribution is 7.26. The number of rotatable bonds is 2. The maximum absolute atomic E-state index is 2.44. The molecule has 0 bridgehead atoms. The molecule has 0 unspecified atom stereocenters. The number of thiophene rings is 1. The lowest BCUT2D eigenvalue weighted by atomic mass is 9.95. The fourth-order valence-corrected chi connectivity index (χ4v) is 7.70. The number of benzene rings is 6. The van der Waals surface area contributed by atoms with Gasteiger partial charge in [0.2, 0.25) is 0 Å². The van der Waals surface area contributed by atoms with Crippen LogP contribution in [0, 0.1) is 0 Å². The molecule has 0 radical (unpaired) electrons. The van der Waals surface area contributed by atoms with E-state index in [1.165, 1.54) is 80.5 Å². The van der Waals surface area contributed by atoms with Gasteiger partial charge in [0.15, 0.2) is 0 Å². The van der Waals surface area contributed by atoms with Crippen LogP contribution in [0.25, 0.3) is 80.5 Å². The van der Waals surface area contributed by atoms with E-state index in [2.05, 4.69) is 132 Å². The standard InChI is InChI=1S/C36H21NS/c1-4-16-32-26(11-1)30-20-24(21-31-27-12-2-5-17-33(27)37(32)35(30)31)22-9-7-10-23(19-22)25-14-8-15-29-28-13-3-6-18-34(28)38-36(25)29/h1-21H. The van der Waals surface area contributed by atoms with Crippen LogP contribution in [0.15, 0.2) is 127 Å². The van der Waals surface area contributed by atoms with Crippen LogP contribution >= 0.6 is 11.3 Å². The van der Waals surface area contributed by atoms with Crippen molar-refractivity contribution in [2.75, 3.05) is 0 Å². The summed E-state index contributed by atoms with van der Waals surface area (Å²) in [5, 5.41) is 7.95. The summed E-state index contributed by atoms with van der Waals surface area (Å²) < 4.78 is 5.14. The Bertz CT molecular complexity index is 2270. The van der Waals surface area contributed by atoms with Crippen molar-refractivity contribution in [3.63, 3.8) is 0 Å². The maximum Gasteiger partial charge on any atom is 0.0620 e. The predicted octanol–water partition coefficient (Wildman–Crippen LogP) is 10.5. The SMILES string of the molecule is c1cc(-c2cc3c4ccccc4n4c5ccccc5c(c2)c34)cc(-c2cccc3c2sc2ccccc23)c1. The molecule has 0 amide bonds. The highest BCUT2D eigenvalue weighted by Gasteiger charge is 2.18. The van der Waals surface area contributed by atoms with Gasteiger partial charge in [-0.2, -0.15) is 0 Å². The summed E-state index contributed by atoms with van der Waals surface area (Å²) in [5.74, 6) is 0. The van der Waals surface area contributed by atoms with Crippen molar-refractivity contribution in [1.82, 2.24) is 4.40 Å². The average molecular weight is 500 g/mol. The van der Waals surface area contributed by atoms with Crippen LogP contribution in [-0.2, 0) is 0 Å². The van der Waals surface area contributed by atoms with E-state index < -0.39 is 0 Å². The molecule has 3 heterocycles. The molecule has 3 aromatic heterocycles. The van der Waals surface area contributed by atoms with Crippen LogP contribution in [-0.4, -0.2) is 4.40 Å². The fourth-order valence-electron chi connectivity index (χ4n) is 6.46. The van der Waals surface area contributed by atoms with E-state index in [9.17, 15) is 0 Å². The smallest absolute Gasteiger partial charge is 0.0620 e. The minimum absolute atomic E-state index is 1.25. The van der Waals surface area contributed by atoms with Crippen molar-refractivity contribution < 1.29 is 0 Å². The van der Waals surface area contributed by atoms with Gasteiger partial charge in [-0.25, -0.2) is 0 Å². The van der Waals surface area contributed by atoms with Crippen molar-refractivity contribution in [2.45, 2.75) is 0 Å². The number of fused-ring (bicyclic) bond motifs is 9. The molecule has 0 saturated heterocycles. The molecule has 6 aromatic carbocycles. The van der Waals surface area contributed by atoms with E-state index in [1.54, 1.807) is 0 Å². The molecule has 2 heteroatoms. The first-order valence-electron chi connectivity index (χ1n) is 13.0. The average Bonchev–Trinajstić information content (AvgIpc) is 3.64. The minimum Gasteiger partial charge on any atom is -0.308 e. The van der Waals surface area contributed by atoms with Gasteiger partial charge in [-0.3, -0.25) is 0 Å². The quantitative estimate of drug-likeness (QED) is 0.223. The predicted molar refractivity (Wildman–Crippen MR) is 165 cm³/mol. The van der Waals surface area contributed by atoms with Gasteiger partial charge in [0.05, 0.1) is 16.6 Å². The first-order chi connectivity index (χ1) is 18.8. The number of aromatic nitrogens is 1. The summed E-state index contributed by atoms with van der Waals surface area (Å²) in [7, 11) is 0. The van der Waals surface area contributed by atoms with Crippen LogP contribution in [0.1, 0.15) is 0 Å². The highest BCUT2D eigenvalue weighted by Crippen LogP contribution is 2.43. The molecule has 0 spiro atoms. The van der Waals surface area contributed by atoms with Gasteiger partial charge in [0, 0.05) is 41.7 Å². The summed E-state index contributed by atoms with van der Waals surface area (Å²) >= 11 is 1.89. The highest BCUT2D eigenvalue weighted by atomic mass is 32.1. The largest absolute Gasteiger partial charge is 0.308 e. The molecule has 9 aromatic rings. The van der Waals surface area contributed by atoms with Gasteiger partial charge in [-0.15, -0.1) is 11.3 Å². The second kappa shape index (κ2) is 7.44. The first-order valence-corrected chi connectivity index (χ1v) is 13.8. The summed E-state index contributed by atoms with van der Waals surface area (Å²) in [6.07, 6.45) is 0. The lowest BCUT2D eigenvalue weighted by molar-refractivity contribution is 1.37. The second-order valence-electron chi connectivity index (χ2n) is 10.2. The van der Waals surface area contributed by atoms with Crippen molar-refractivity contribution >= 4 is 69.6 Å². The van der Waals surface area contributed by atoms with Crippen molar-refractivity contribution in [1.29, 1.82) is 0 Å². The third-order valence-electron chi connectivity index (χ3n) is 8.11. The molecule has 38 heavy (non-hydrogen) atoms. The lowest BCUT2D eigenvalue weighted by Gasteiger charge is -2.09. The van der Waals surface area contributed by atoms with Gasteiger partial charge in [-0.1, -0.05) is 91.0 Å². The van der Waals surface area contributed by atoms with E-state index in [1.807, 2.05) is 11.3 Å². The zero-order valence-electron chi connectivity index (χ0n) is 20.5. The topological polar surface area (TPSA) is 4.41 Å². The van der Waals surface area contributed by atoms with E-state index >= 15 is 0 Å². The number of nitrogens with zero attached hydrogens (tertiary/aromatic N) is 1. The monoisotopic (exact) mass is 499 g/mol. The second-order valence-corrected chi connectivity index (χ2v) is 11.2. The Hall–Kier alpha value is -4.66. The van der Waals surface area contributed by atoms with Crippen LogP contribution in [0.5, 0.6) is 0 Å². The Morgan fingerprint density at radius 1 is 0.421 bits per heavy atom. The van der Waals surface area contributed by atoms with Crippen molar-refractivity contribution in [2.24, 2.45) is 0 Å². The summed E-state index contributed by atoms with van der Waals surface area (Å²) in [5.41, 5.74) is 8.95. The van der Waals surface area contributed by atoms with Crippen molar-refractivity contribution in [3.8, 4) is 22.3 Å². The Kier molecular flexibility index (Phi) is 3.99. The van der Waals surface area contributed by atoms with Crippen LogP contribution in [0.4, 0.5) is 0 Å². The molecule has 0 aliphatic rings. The summed E-state index contributed by atoms with van der Waals surface area (Å²) in [6.45, 7) is 0. The fraction of sp³-hybridized carbons (Fsp3) is 0. The number of hydrogen-bond acceptors (Lipinski definition) is 1. The minimum atomic E-state index is 1.25. The molecule has 9 rings (SSSR count). The zero-order chi connectivity index (χ0) is 24.8. The molecule has 0 saturated carbocycles. The molecule has 0 atom stereocenters. The molecular formula is C36H21NS. The van der Waals surface area contributed by atoms with Crippen LogP contribution in [0.2, 0.25) is 0 Å². The number of para-hydroxylation sites is 2. The van der Waals surface area contributed by atoms with E-state index in [-0.39, 0.29) is 0 Å². The van der Waals surface area contributed by atoms with Crippen LogP contribution in [0.3, 0.4) is 0 Å². The number of hydrogen-bond donors (Lipinski definition) is 0. The van der Waals surface area contributed by atoms with Crippen LogP contribution < -0.4 is 0 Å². The Morgan fingerprint density at radius 3 is 1.79 bits per heavy atom. The molecule has 1 nitrogen and oxygen atoms in total. The van der Waals surface area contributed by atoms with Crippen molar-refractivity contribution in [3.05, 3.63) is 127 Å². The van der Waals surface area contributed by atoms with Gasteiger partial charge in [0.25, 0.3) is 0 Å².